The van der Waals surface area contributed by atoms with Gasteiger partial charge in [0.25, 0.3) is 0 Å². The van der Waals surface area contributed by atoms with Crippen LogP contribution in [-0.2, 0) is 9.53 Å². The van der Waals surface area contributed by atoms with E-state index in [4.69, 9.17) is 4.74 Å². The number of anilines is 1. The standard InChI is InChI=1S/C25H21NO5/c27-22-12-10-18(11-13-22)17-6-8-19(9-7-17)25(30)31-16-23(28)20-3-1-4-21(15-20)26-14-2-5-24(26)29/h1,3-4,6-13,15,27H,2,5,14,16H2. The molecule has 6 nitrogen and oxygen atoms in total. The van der Waals surface area contributed by atoms with E-state index >= 15 is 0 Å². The van der Waals surface area contributed by atoms with Crippen LogP contribution >= 0.6 is 0 Å². The number of amides is 1. The van der Waals surface area contributed by atoms with Crippen LogP contribution in [0, 0.1) is 0 Å². The summed E-state index contributed by atoms with van der Waals surface area (Å²) in [5, 5.41) is 9.38. The van der Waals surface area contributed by atoms with Crippen LogP contribution in [-0.4, -0.2) is 35.9 Å². The van der Waals surface area contributed by atoms with Crippen LogP contribution in [0.5, 0.6) is 5.75 Å². The highest BCUT2D eigenvalue weighted by Gasteiger charge is 2.22. The number of carbonyl (C=O) groups excluding carboxylic acids is 3. The van der Waals surface area contributed by atoms with Crippen molar-refractivity contribution in [3.8, 4) is 16.9 Å². The second kappa shape index (κ2) is 8.83. The van der Waals surface area contributed by atoms with Gasteiger partial charge in [0.1, 0.15) is 5.75 Å². The van der Waals surface area contributed by atoms with Crippen molar-refractivity contribution < 1.29 is 24.2 Å². The Morgan fingerprint density at radius 1 is 0.903 bits per heavy atom. The van der Waals surface area contributed by atoms with Gasteiger partial charge < -0.3 is 14.7 Å². The summed E-state index contributed by atoms with van der Waals surface area (Å²) in [6, 6.07) is 20.4. The number of benzene rings is 3. The van der Waals surface area contributed by atoms with Crippen molar-refractivity contribution in [1.82, 2.24) is 0 Å². The Kier molecular flexibility index (Phi) is 5.80. The van der Waals surface area contributed by atoms with Gasteiger partial charge in [-0.25, -0.2) is 4.79 Å². The summed E-state index contributed by atoms with van der Waals surface area (Å²) < 4.78 is 5.19. The smallest absolute Gasteiger partial charge is 0.338 e. The molecule has 0 bridgehead atoms. The Morgan fingerprint density at radius 3 is 2.23 bits per heavy atom. The third-order valence-electron chi connectivity index (χ3n) is 5.21. The predicted octanol–water partition coefficient (Wildman–Crippen LogP) is 4.23. The van der Waals surface area contributed by atoms with Crippen molar-refractivity contribution in [3.05, 3.63) is 83.9 Å². The maximum atomic E-state index is 12.5. The molecule has 4 rings (SSSR count). The Hall–Kier alpha value is -3.93. The number of aromatic hydroxyl groups is 1. The first kappa shape index (κ1) is 20.3. The Bertz CT molecular complexity index is 1120. The van der Waals surface area contributed by atoms with Crippen molar-refractivity contribution in [2.45, 2.75) is 12.8 Å². The lowest BCUT2D eigenvalue weighted by atomic mass is 10.0. The number of esters is 1. The normalized spacial score (nSPS) is 13.3. The number of hydrogen-bond acceptors (Lipinski definition) is 5. The Morgan fingerprint density at radius 2 is 1.58 bits per heavy atom. The topological polar surface area (TPSA) is 83.9 Å². The molecule has 1 heterocycles. The van der Waals surface area contributed by atoms with Gasteiger partial charge in [0.05, 0.1) is 5.56 Å². The fourth-order valence-corrected chi connectivity index (χ4v) is 3.52. The number of ether oxygens (including phenoxy) is 1. The zero-order valence-electron chi connectivity index (χ0n) is 16.8. The van der Waals surface area contributed by atoms with Gasteiger partial charge in [-0.2, -0.15) is 0 Å². The van der Waals surface area contributed by atoms with Crippen LogP contribution in [0.3, 0.4) is 0 Å². The Balaban J connectivity index is 1.38. The summed E-state index contributed by atoms with van der Waals surface area (Å²) >= 11 is 0. The lowest BCUT2D eigenvalue weighted by Crippen LogP contribution is -2.24. The van der Waals surface area contributed by atoms with E-state index in [9.17, 15) is 19.5 Å². The molecule has 31 heavy (non-hydrogen) atoms. The molecule has 1 fully saturated rings. The molecule has 0 spiro atoms. The first-order valence-corrected chi connectivity index (χ1v) is 10.0. The lowest BCUT2D eigenvalue weighted by Gasteiger charge is -2.16. The molecule has 0 unspecified atom stereocenters. The van der Waals surface area contributed by atoms with Gasteiger partial charge in [0, 0.05) is 24.2 Å². The molecule has 0 aliphatic carbocycles. The molecular formula is C25H21NO5. The van der Waals surface area contributed by atoms with Gasteiger partial charge >= 0.3 is 5.97 Å². The molecule has 1 N–H and O–H groups in total. The van der Waals surface area contributed by atoms with E-state index in [1.54, 1.807) is 77.7 Å². The van der Waals surface area contributed by atoms with Gasteiger partial charge in [-0.3, -0.25) is 9.59 Å². The minimum atomic E-state index is -0.587. The molecule has 1 aliphatic rings. The molecule has 0 radical (unpaired) electrons. The van der Waals surface area contributed by atoms with Crippen LogP contribution in [0.2, 0.25) is 0 Å². The van der Waals surface area contributed by atoms with Crippen LogP contribution in [0.4, 0.5) is 5.69 Å². The second-order valence-electron chi connectivity index (χ2n) is 7.32. The molecule has 3 aromatic rings. The van der Waals surface area contributed by atoms with E-state index < -0.39 is 5.97 Å². The number of phenolic OH excluding ortho intramolecular Hbond substituents is 1. The van der Waals surface area contributed by atoms with Crippen molar-refractivity contribution in [3.63, 3.8) is 0 Å². The molecular weight excluding hydrogens is 394 g/mol. The van der Waals surface area contributed by atoms with Gasteiger partial charge in [0.15, 0.2) is 12.4 Å². The van der Waals surface area contributed by atoms with Crippen molar-refractivity contribution in [2.75, 3.05) is 18.1 Å². The zero-order chi connectivity index (χ0) is 21.8. The monoisotopic (exact) mass is 415 g/mol. The lowest BCUT2D eigenvalue weighted by molar-refractivity contribution is -0.117. The molecule has 6 heteroatoms. The fraction of sp³-hybridized carbons (Fsp3) is 0.160. The number of Topliss-reactive ketones (excluding diaryl/α,β-unsaturated/α-hetero) is 1. The third-order valence-corrected chi connectivity index (χ3v) is 5.21. The average molecular weight is 415 g/mol. The molecule has 1 aliphatic heterocycles. The molecule has 0 atom stereocenters. The van der Waals surface area contributed by atoms with E-state index in [0.29, 0.717) is 29.8 Å². The number of nitrogens with zero attached hydrogens (tertiary/aromatic N) is 1. The highest BCUT2D eigenvalue weighted by atomic mass is 16.5. The second-order valence-corrected chi connectivity index (χ2v) is 7.32. The number of phenols is 1. The van der Waals surface area contributed by atoms with Crippen LogP contribution in [0.25, 0.3) is 11.1 Å². The fourth-order valence-electron chi connectivity index (χ4n) is 3.52. The van der Waals surface area contributed by atoms with Crippen LogP contribution in [0.15, 0.2) is 72.8 Å². The predicted molar refractivity (Wildman–Crippen MR) is 116 cm³/mol. The first-order valence-electron chi connectivity index (χ1n) is 10.0. The number of hydrogen-bond donors (Lipinski definition) is 1. The van der Waals surface area contributed by atoms with Gasteiger partial charge in [-0.05, 0) is 53.9 Å². The van der Waals surface area contributed by atoms with Crippen LogP contribution < -0.4 is 4.90 Å². The first-order chi connectivity index (χ1) is 15.0. The SMILES string of the molecule is O=C(COC(=O)c1ccc(-c2ccc(O)cc2)cc1)c1cccc(N2CCCC2=O)c1. The molecule has 0 aromatic heterocycles. The third kappa shape index (κ3) is 4.64. The minimum absolute atomic E-state index is 0.0479. The molecule has 156 valence electrons. The summed E-state index contributed by atoms with van der Waals surface area (Å²) in [5.74, 6) is -0.683. The van der Waals surface area contributed by atoms with Crippen molar-refractivity contribution in [2.24, 2.45) is 0 Å². The van der Waals surface area contributed by atoms with Crippen LogP contribution in [0.1, 0.15) is 33.6 Å². The van der Waals surface area contributed by atoms with Crippen molar-refractivity contribution in [1.29, 1.82) is 0 Å². The van der Waals surface area contributed by atoms with Gasteiger partial charge in [-0.15, -0.1) is 0 Å². The zero-order valence-corrected chi connectivity index (χ0v) is 16.8. The van der Waals surface area contributed by atoms with E-state index in [-0.39, 0.29) is 24.0 Å². The summed E-state index contributed by atoms with van der Waals surface area (Å²) in [6.45, 7) is 0.265. The number of ketones is 1. The summed E-state index contributed by atoms with van der Waals surface area (Å²) in [4.78, 5) is 38.4. The Labute approximate surface area is 179 Å². The van der Waals surface area contributed by atoms with E-state index in [0.717, 1.165) is 17.5 Å². The number of carbonyl (C=O) groups is 3. The maximum Gasteiger partial charge on any atom is 0.338 e. The summed E-state index contributed by atoms with van der Waals surface area (Å²) in [7, 11) is 0. The van der Waals surface area contributed by atoms with E-state index in [1.165, 1.54) is 0 Å². The van der Waals surface area contributed by atoms with Gasteiger partial charge in [0.2, 0.25) is 5.91 Å². The molecule has 1 saturated heterocycles. The minimum Gasteiger partial charge on any atom is -0.508 e. The maximum absolute atomic E-state index is 12.5. The average Bonchev–Trinajstić information content (AvgIpc) is 3.24. The van der Waals surface area contributed by atoms with E-state index in [2.05, 4.69) is 0 Å². The summed E-state index contributed by atoms with van der Waals surface area (Å²) in [6.07, 6.45) is 1.32. The quantitative estimate of drug-likeness (QED) is 0.481. The largest absolute Gasteiger partial charge is 0.508 e. The number of rotatable bonds is 6. The highest BCUT2D eigenvalue weighted by Crippen LogP contribution is 2.24. The summed E-state index contributed by atoms with van der Waals surface area (Å²) in [5.41, 5.74) is 3.22. The highest BCUT2D eigenvalue weighted by molar-refractivity contribution is 6.01. The molecule has 1 amide bonds. The molecule has 0 saturated carbocycles. The molecule has 3 aromatic carbocycles. The van der Waals surface area contributed by atoms with Crippen molar-refractivity contribution >= 4 is 23.3 Å². The van der Waals surface area contributed by atoms with E-state index in [1.807, 2.05) is 0 Å². The van der Waals surface area contributed by atoms with Gasteiger partial charge in [-0.1, -0.05) is 36.4 Å².